The van der Waals surface area contributed by atoms with Gasteiger partial charge in [0.1, 0.15) is 0 Å². The fraction of sp³-hybridized carbons (Fsp3) is 0.300. The molecule has 1 fully saturated rings. The normalized spacial score (nSPS) is 21.1. The van der Waals surface area contributed by atoms with Gasteiger partial charge in [0, 0.05) is 12.2 Å². The molecule has 0 saturated carbocycles. The van der Waals surface area contributed by atoms with Gasteiger partial charge in [-0.05, 0) is 18.2 Å². The lowest BCUT2D eigenvalue weighted by Crippen LogP contribution is -2.24. The minimum Gasteiger partial charge on any atom is -0.319 e. The van der Waals surface area contributed by atoms with Crippen LogP contribution < -0.4 is 4.90 Å². The first-order chi connectivity index (χ1) is 7.88. The number of benzene rings is 1. The summed E-state index contributed by atoms with van der Waals surface area (Å²) in [5, 5.41) is 7.93. The predicted molar refractivity (Wildman–Crippen MR) is 66.8 cm³/mol. The standard InChI is InChI=1S/C10H8BrF3N2S/c11-8-5-16(9(15)17-8)7-3-1-2-6(4-7)10(12,13)14/h1-4,8,15H,5H2. The highest BCUT2D eigenvalue weighted by Gasteiger charge is 2.32. The summed E-state index contributed by atoms with van der Waals surface area (Å²) in [7, 11) is 0. The number of amidine groups is 1. The van der Waals surface area contributed by atoms with Crippen molar-refractivity contribution in [1.29, 1.82) is 5.41 Å². The summed E-state index contributed by atoms with van der Waals surface area (Å²) in [6, 6.07) is 5.04. The molecule has 1 aromatic carbocycles. The van der Waals surface area contributed by atoms with Gasteiger partial charge in [-0.15, -0.1) is 0 Å². The van der Waals surface area contributed by atoms with Crippen LogP contribution in [0.1, 0.15) is 5.56 Å². The van der Waals surface area contributed by atoms with Gasteiger partial charge in [-0.3, -0.25) is 5.41 Å². The van der Waals surface area contributed by atoms with Gasteiger partial charge in [0.2, 0.25) is 0 Å². The molecule has 1 aliphatic rings. The molecular weight excluding hydrogens is 317 g/mol. The Kier molecular flexibility index (Phi) is 3.40. The van der Waals surface area contributed by atoms with E-state index < -0.39 is 11.7 Å². The third-order valence-electron chi connectivity index (χ3n) is 2.30. The lowest BCUT2D eigenvalue weighted by Gasteiger charge is -2.18. The van der Waals surface area contributed by atoms with Gasteiger partial charge < -0.3 is 4.90 Å². The lowest BCUT2D eigenvalue weighted by molar-refractivity contribution is -0.137. The zero-order chi connectivity index (χ0) is 12.6. The number of hydrogen-bond acceptors (Lipinski definition) is 2. The van der Waals surface area contributed by atoms with Crippen LogP contribution >= 0.6 is 27.7 Å². The van der Waals surface area contributed by atoms with Crippen molar-refractivity contribution in [3.05, 3.63) is 29.8 Å². The third kappa shape index (κ3) is 2.77. The molecule has 1 aliphatic heterocycles. The second-order valence-electron chi connectivity index (χ2n) is 3.49. The first kappa shape index (κ1) is 12.8. The fourth-order valence-electron chi connectivity index (χ4n) is 1.52. The molecule has 2 rings (SSSR count). The van der Waals surface area contributed by atoms with Crippen molar-refractivity contribution in [2.45, 2.75) is 10.3 Å². The maximum Gasteiger partial charge on any atom is 0.416 e. The fourth-order valence-corrected chi connectivity index (χ4v) is 3.12. The molecule has 0 aromatic heterocycles. The molecule has 0 bridgehead atoms. The van der Waals surface area contributed by atoms with E-state index in [4.69, 9.17) is 5.41 Å². The van der Waals surface area contributed by atoms with E-state index in [1.165, 1.54) is 17.8 Å². The summed E-state index contributed by atoms with van der Waals surface area (Å²) >= 11 is 4.61. The minimum atomic E-state index is -4.35. The zero-order valence-corrected chi connectivity index (χ0v) is 10.9. The number of hydrogen-bond donors (Lipinski definition) is 1. The van der Waals surface area contributed by atoms with E-state index in [9.17, 15) is 13.2 Å². The first-order valence-corrected chi connectivity index (χ1v) is 6.51. The second kappa shape index (κ2) is 4.53. The van der Waals surface area contributed by atoms with Gasteiger partial charge in [-0.2, -0.15) is 13.2 Å². The quantitative estimate of drug-likeness (QED) is 0.793. The van der Waals surface area contributed by atoms with Gasteiger partial charge in [-0.1, -0.05) is 33.8 Å². The van der Waals surface area contributed by atoms with Gasteiger partial charge >= 0.3 is 6.18 Å². The first-order valence-electron chi connectivity index (χ1n) is 4.72. The Bertz CT molecular complexity index is 449. The van der Waals surface area contributed by atoms with Crippen LogP contribution in [0.5, 0.6) is 0 Å². The monoisotopic (exact) mass is 324 g/mol. The number of nitrogens with one attached hydrogen (secondary N) is 1. The maximum atomic E-state index is 12.5. The molecule has 92 valence electrons. The Balaban J connectivity index is 2.31. The van der Waals surface area contributed by atoms with Crippen molar-refractivity contribution in [3.8, 4) is 0 Å². The molecule has 7 heteroatoms. The predicted octanol–water partition coefficient (Wildman–Crippen LogP) is 3.91. The Morgan fingerprint density at radius 1 is 1.41 bits per heavy atom. The van der Waals surface area contributed by atoms with E-state index in [0.29, 0.717) is 12.2 Å². The number of rotatable bonds is 1. The molecule has 17 heavy (non-hydrogen) atoms. The van der Waals surface area contributed by atoms with Crippen molar-refractivity contribution >= 4 is 38.5 Å². The average Bonchev–Trinajstić information content (AvgIpc) is 2.57. The van der Waals surface area contributed by atoms with Gasteiger partial charge in [0.15, 0.2) is 5.17 Å². The van der Waals surface area contributed by atoms with Crippen LogP contribution in [0, 0.1) is 5.41 Å². The summed E-state index contributed by atoms with van der Waals surface area (Å²) in [5.41, 5.74) is -0.287. The smallest absolute Gasteiger partial charge is 0.319 e. The van der Waals surface area contributed by atoms with Crippen LogP contribution in [0.2, 0.25) is 0 Å². The average molecular weight is 325 g/mol. The molecule has 1 N–H and O–H groups in total. The molecule has 1 unspecified atom stereocenters. The van der Waals surface area contributed by atoms with E-state index in [1.54, 1.807) is 11.0 Å². The molecular formula is C10H8BrF3N2S. The summed E-state index contributed by atoms with van der Waals surface area (Å²) < 4.78 is 37.7. The number of halogens is 4. The molecule has 1 aromatic rings. The molecule has 0 spiro atoms. The van der Waals surface area contributed by atoms with Crippen LogP contribution in [-0.2, 0) is 6.18 Å². The number of nitrogens with zero attached hydrogens (tertiary/aromatic N) is 1. The Labute approximate surface area is 109 Å². The van der Waals surface area contributed by atoms with Crippen LogP contribution in [-0.4, -0.2) is 15.9 Å². The Morgan fingerprint density at radius 2 is 2.12 bits per heavy atom. The van der Waals surface area contributed by atoms with E-state index in [-0.39, 0.29) is 9.33 Å². The van der Waals surface area contributed by atoms with Gasteiger partial charge in [0.25, 0.3) is 0 Å². The summed E-state index contributed by atoms with van der Waals surface area (Å²) in [5.74, 6) is 0. The molecule has 0 radical (unpaired) electrons. The number of anilines is 1. The Hall–Kier alpha value is -0.690. The molecule has 1 heterocycles. The van der Waals surface area contributed by atoms with Crippen LogP contribution in [0.15, 0.2) is 24.3 Å². The van der Waals surface area contributed by atoms with Gasteiger partial charge in [0.05, 0.1) is 9.72 Å². The van der Waals surface area contributed by atoms with Crippen LogP contribution in [0.4, 0.5) is 18.9 Å². The SMILES string of the molecule is N=C1SC(Br)CN1c1cccc(C(F)(F)F)c1. The van der Waals surface area contributed by atoms with Crippen LogP contribution in [0.25, 0.3) is 0 Å². The largest absolute Gasteiger partial charge is 0.416 e. The van der Waals surface area contributed by atoms with Gasteiger partial charge in [-0.25, -0.2) is 0 Å². The lowest BCUT2D eigenvalue weighted by atomic mass is 10.2. The maximum absolute atomic E-state index is 12.5. The summed E-state index contributed by atoms with van der Waals surface area (Å²) in [6.45, 7) is 0.491. The summed E-state index contributed by atoms with van der Waals surface area (Å²) in [6.07, 6.45) is -4.35. The van der Waals surface area contributed by atoms with E-state index in [1.807, 2.05) is 0 Å². The van der Waals surface area contributed by atoms with E-state index in [0.717, 1.165) is 12.1 Å². The zero-order valence-electron chi connectivity index (χ0n) is 8.46. The third-order valence-corrected chi connectivity index (χ3v) is 3.99. The van der Waals surface area contributed by atoms with E-state index >= 15 is 0 Å². The van der Waals surface area contributed by atoms with Crippen molar-refractivity contribution in [3.63, 3.8) is 0 Å². The second-order valence-corrected chi connectivity index (χ2v) is 6.39. The Morgan fingerprint density at radius 3 is 2.65 bits per heavy atom. The number of alkyl halides is 4. The molecule has 2 nitrogen and oxygen atoms in total. The molecule has 0 amide bonds. The molecule has 0 aliphatic carbocycles. The minimum absolute atomic E-state index is 0.0459. The van der Waals surface area contributed by atoms with E-state index in [2.05, 4.69) is 15.9 Å². The van der Waals surface area contributed by atoms with Crippen molar-refractivity contribution in [2.24, 2.45) is 0 Å². The van der Waals surface area contributed by atoms with Crippen molar-refractivity contribution < 1.29 is 13.2 Å². The highest BCUT2D eigenvalue weighted by atomic mass is 79.9. The highest BCUT2D eigenvalue weighted by molar-refractivity contribution is 9.11. The number of thioether (sulfide) groups is 1. The van der Waals surface area contributed by atoms with Crippen molar-refractivity contribution in [2.75, 3.05) is 11.4 Å². The molecule has 1 atom stereocenters. The van der Waals surface area contributed by atoms with Crippen LogP contribution in [0.3, 0.4) is 0 Å². The highest BCUT2D eigenvalue weighted by Crippen LogP contribution is 2.36. The topological polar surface area (TPSA) is 27.1 Å². The summed E-state index contributed by atoms with van der Waals surface area (Å²) in [4.78, 5) is 1.55. The van der Waals surface area contributed by atoms with Crippen molar-refractivity contribution in [1.82, 2.24) is 0 Å². The molecule has 1 saturated heterocycles.